The van der Waals surface area contributed by atoms with Crippen molar-refractivity contribution >= 4 is 28.7 Å². The van der Waals surface area contributed by atoms with Gasteiger partial charge in [-0.15, -0.1) is 0 Å². The summed E-state index contributed by atoms with van der Waals surface area (Å²) >= 11 is 0. The second kappa shape index (κ2) is 7.51. The third-order valence-corrected chi connectivity index (χ3v) is 4.15. The summed E-state index contributed by atoms with van der Waals surface area (Å²) in [7, 11) is 0. The Labute approximate surface area is 163 Å². The summed E-state index contributed by atoms with van der Waals surface area (Å²) < 4.78 is 27.9. The smallest absolute Gasteiger partial charge is 0.292 e. The van der Waals surface area contributed by atoms with E-state index < -0.39 is 23.4 Å². The number of hydrogen-bond donors (Lipinski definition) is 2. The Hall–Kier alpha value is -4.07. The molecule has 2 aromatic carbocycles. The van der Waals surface area contributed by atoms with Crippen LogP contribution in [0.4, 0.5) is 20.2 Å². The molecule has 2 amide bonds. The zero-order valence-electron chi connectivity index (χ0n) is 14.9. The largest absolute Gasteiger partial charge is 0.321 e. The van der Waals surface area contributed by atoms with Crippen LogP contribution in [0.3, 0.4) is 0 Å². The Bertz CT molecular complexity index is 1220. The maximum Gasteiger partial charge on any atom is 0.292 e. The normalized spacial score (nSPS) is 10.7. The number of hydrogen-bond acceptors (Lipinski definition) is 3. The zero-order chi connectivity index (χ0) is 20.4. The number of pyridine rings is 1. The molecule has 0 saturated carbocycles. The first-order valence-electron chi connectivity index (χ1n) is 8.62. The van der Waals surface area contributed by atoms with Gasteiger partial charge in [0.1, 0.15) is 11.6 Å². The number of benzene rings is 2. The van der Waals surface area contributed by atoms with Gasteiger partial charge in [0, 0.05) is 17.6 Å². The van der Waals surface area contributed by atoms with Crippen LogP contribution in [0.1, 0.15) is 21.1 Å². The van der Waals surface area contributed by atoms with E-state index in [1.165, 1.54) is 46.9 Å². The number of fused-ring (bicyclic) bond motifs is 1. The maximum absolute atomic E-state index is 13.4. The molecule has 2 aromatic heterocycles. The highest BCUT2D eigenvalue weighted by Crippen LogP contribution is 2.18. The van der Waals surface area contributed by atoms with E-state index in [4.69, 9.17) is 0 Å². The summed E-state index contributed by atoms with van der Waals surface area (Å²) in [5, 5.41) is 5.19. The SMILES string of the molecule is O=C(Nc1ccc(F)cc1)c1nc(C(=O)Nc2cccc(F)c2)n2ccccc12. The van der Waals surface area contributed by atoms with Crippen LogP contribution in [0.15, 0.2) is 72.9 Å². The van der Waals surface area contributed by atoms with E-state index in [0.29, 0.717) is 11.2 Å². The average Bonchev–Trinajstić information content (AvgIpc) is 3.10. The first-order chi connectivity index (χ1) is 14.0. The van der Waals surface area contributed by atoms with E-state index in [-0.39, 0.29) is 17.2 Å². The van der Waals surface area contributed by atoms with Crippen LogP contribution in [0.5, 0.6) is 0 Å². The van der Waals surface area contributed by atoms with Crippen LogP contribution in [-0.2, 0) is 0 Å². The lowest BCUT2D eigenvalue weighted by molar-refractivity contribution is 0.101. The van der Waals surface area contributed by atoms with Crippen molar-refractivity contribution in [3.05, 3.63) is 96.1 Å². The monoisotopic (exact) mass is 392 g/mol. The highest BCUT2D eigenvalue weighted by molar-refractivity contribution is 6.10. The number of carbonyl (C=O) groups is 2. The standard InChI is InChI=1S/C21H14F2N4O2/c22-13-7-9-15(10-8-13)24-20(28)18-17-6-1-2-11-27(17)19(26-18)21(29)25-16-5-3-4-14(23)12-16/h1-12H,(H,24,28)(H,25,29). The van der Waals surface area contributed by atoms with Crippen molar-refractivity contribution in [1.29, 1.82) is 0 Å². The van der Waals surface area contributed by atoms with Crippen molar-refractivity contribution in [2.45, 2.75) is 0 Å². The quantitative estimate of drug-likeness (QED) is 0.549. The van der Waals surface area contributed by atoms with Gasteiger partial charge in [-0.05, 0) is 54.6 Å². The van der Waals surface area contributed by atoms with Gasteiger partial charge in [0.15, 0.2) is 5.69 Å². The Morgan fingerprint density at radius 2 is 1.55 bits per heavy atom. The number of nitrogens with zero attached hydrogens (tertiary/aromatic N) is 2. The van der Waals surface area contributed by atoms with E-state index in [0.717, 1.165) is 0 Å². The van der Waals surface area contributed by atoms with Gasteiger partial charge in [-0.25, -0.2) is 13.8 Å². The summed E-state index contributed by atoms with van der Waals surface area (Å²) in [5.41, 5.74) is 1.09. The van der Waals surface area contributed by atoms with Crippen molar-refractivity contribution in [1.82, 2.24) is 9.38 Å². The Morgan fingerprint density at radius 3 is 2.31 bits per heavy atom. The fraction of sp³-hybridized carbons (Fsp3) is 0. The van der Waals surface area contributed by atoms with Crippen LogP contribution in [0, 0.1) is 11.6 Å². The summed E-state index contributed by atoms with van der Waals surface area (Å²) in [6.45, 7) is 0. The highest BCUT2D eigenvalue weighted by atomic mass is 19.1. The molecule has 0 aliphatic rings. The summed E-state index contributed by atoms with van der Waals surface area (Å²) in [6, 6.07) is 15.8. The summed E-state index contributed by atoms with van der Waals surface area (Å²) in [4.78, 5) is 29.6. The fourth-order valence-corrected chi connectivity index (χ4v) is 2.84. The number of halogens is 2. The lowest BCUT2D eigenvalue weighted by Crippen LogP contribution is -2.16. The minimum Gasteiger partial charge on any atom is -0.321 e. The summed E-state index contributed by atoms with van der Waals surface area (Å²) in [6.07, 6.45) is 1.59. The second-order valence-corrected chi connectivity index (χ2v) is 6.17. The molecule has 2 N–H and O–H groups in total. The van der Waals surface area contributed by atoms with Crippen LogP contribution >= 0.6 is 0 Å². The molecule has 6 nitrogen and oxygen atoms in total. The number of carbonyl (C=O) groups excluding carboxylic acids is 2. The molecule has 0 aliphatic carbocycles. The van der Waals surface area contributed by atoms with Crippen molar-refractivity contribution in [3.63, 3.8) is 0 Å². The lowest BCUT2D eigenvalue weighted by Gasteiger charge is -2.04. The molecule has 0 radical (unpaired) electrons. The topological polar surface area (TPSA) is 75.5 Å². The predicted molar refractivity (Wildman–Crippen MR) is 104 cm³/mol. The van der Waals surface area contributed by atoms with Gasteiger partial charge in [-0.2, -0.15) is 0 Å². The fourth-order valence-electron chi connectivity index (χ4n) is 2.84. The molecule has 4 rings (SSSR count). The second-order valence-electron chi connectivity index (χ2n) is 6.17. The van der Waals surface area contributed by atoms with E-state index in [9.17, 15) is 18.4 Å². The third-order valence-electron chi connectivity index (χ3n) is 4.15. The molecule has 0 unspecified atom stereocenters. The Balaban J connectivity index is 1.66. The minimum atomic E-state index is -0.599. The molecule has 8 heteroatoms. The highest BCUT2D eigenvalue weighted by Gasteiger charge is 2.21. The van der Waals surface area contributed by atoms with Crippen LogP contribution in [0.2, 0.25) is 0 Å². The number of amides is 2. The van der Waals surface area contributed by atoms with Crippen molar-refractivity contribution in [3.8, 4) is 0 Å². The van der Waals surface area contributed by atoms with Gasteiger partial charge in [0.25, 0.3) is 11.8 Å². The van der Waals surface area contributed by atoms with Gasteiger partial charge in [0.05, 0.1) is 5.52 Å². The molecule has 0 spiro atoms. The molecule has 144 valence electrons. The number of aromatic nitrogens is 2. The molecule has 0 aliphatic heterocycles. The zero-order valence-corrected chi connectivity index (χ0v) is 14.9. The van der Waals surface area contributed by atoms with Crippen LogP contribution < -0.4 is 10.6 Å². The molecule has 4 aromatic rings. The Kier molecular flexibility index (Phi) is 4.74. The molecular weight excluding hydrogens is 378 g/mol. The molecule has 0 saturated heterocycles. The van der Waals surface area contributed by atoms with E-state index in [1.807, 2.05) is 0 Å². The lowest BCUT2D eigenvalue weighted by atomic mass is 10.2. The number of nitrogens with one attached hydrogen (secondary N) is 2. The van der Waals surface area contributed by atoms with Gasteiger partial charge >= 0.3 is 0 Å². The van der Waals surface area contributed by atoms with Crippen molar-refractivity contribution in [2.75, 3.05) is 10.6 Å². The molecule has 29 heavy (non-hydrogen) atoms. The van der Waals surface area contributed by atoms with E-state index >= 15 is 0 Å². The van der Waals surface area contributed by atoms with Gasteiger partial charge in [-0.3, -0.25) is 14.0 Å². The predicted octanol–water partition coefficient (Wildman–Crippen LogP) is 4.12. The van der Waals surface area contributed by atoms with Crippen molar-refractivity contribution < 1.29 is 18.4 Å². The first kappa shape index (κ1) is 18.3. The molecule has 0 atom stereocenters. The molecule has 0 fully saturated rings. The first-order valence-corrected chi connectivity index (χ1v) is 8.62. The molecular formula is C21H14F2N4O2. The molecule has 2 heterocycles. The molecule has 0 bridgehead atoms. The van der Waals surface area contributed by atoms with Crippen molar-refractivity contribution in [2.24, 2.45) is 0 Å². The third kappa shape index (κ3) is 3.81. The minimum absolute atomic E-state index is 0.0271. The van der Waals surface area contributed by atoms with E-state index in [2.05, 4.69) is 15.6 Å². The van der Waals surface area contributed by atoms with Gasteiger partial charge < -0.3 is 10.6 Å². The Morgan fingerprint density at radius 1 is 0.793 bits per heavy atom. The van der Waals surface area contributed by atoms with Crippen LogP contribution in [0.25, 0.3) is 5.52 Å². The number of rotatable bonds is 4. The summed E-state index contributed by atoms with van der Waals surface area (Å²) in [5.74, 6) is -2.10. The van der Waals surface area contributed by atoms with Gasteiger partial charge in [-0.1, -0.05) is 12.1 Å². The number of anilines is 2. The average molecular weight is 392 g/mol. The van der Waals surface area contributed by atoms with Crippen LogP contribution in [-0.4, -0.2) is 21.2 Å². The van der Waals surface area contributed by atoms with E-state index in [1.54, 1.807) is 30.5 Å². The maximum atomic E-state index is 13.4. The van der Waals surface area contributed by atoms with Gasteiger partial charge in [0.2, 0.25) is 5.82 Å². The number of imidazole rings is 1.